The Balaban J connectivity index is 1.54. The van der Waals surface area contributed by atoms with Gasteiger partial charge in [-0.05, 0) is 54.8 Å². The van der Waals surface area contributed by atoms with Crippen LogP contribution in [0.3, 0.4) is 0 Å². The van der Waals surface area contributed by atoms with Gasteiger partial charge in [-0.3, -0.25) is 4.79 Å². The summed E-state index contributed by atoms with van der Waals surface area (Å²) in [5.41, 5.74) is 3.20. The lowest BCUT2D eigenvalue weighted by molar-refractivity contribution is -0.126. The minimum atomic E-state index is -3.60. The van der Waals surface area contributed by atoms with Crippen LogP contribution < -0.4 is 5.43 Å². The zero-order chi connectivity index (χ0) is 21.0. The van der Waals surface area contributed by atoms with Gasteiger partial charge in [-0.15, -0.1) is 0 Å². The SMILES string of the molecule is O=C(N/N=C\c1ccc(Cl)c(Cl)c1)C1CCN(S(=O)(=O)c2ccc(Cl)cc2)CC1. The molecule has 1 N–H and O–H groups in total. The van der Waals surface area contributed by atoms with Gasteiger partial charge >= 0.3 is 0 Å². The predicted octanol–water partition coefficient (Wildman–Crippen LogP) is 4.20. The number of carbonyl (C=O) groups excluding carboxylic acids is 1. The second kappa shape index (κ2) is 9.45. The molecule has 154 valence electrons. The predicted molar refractivity (Wildman–Crippen MR) is 115 cm³/mol. The fourth-order valence-electron chi connectivity index (χ4n) is 2.97. The van der Waals surface area contributed by atoms with Crippen LogP contribution >= 0.6 is 34.8 Å². The molecule has 0 radical (unpaired) electrons. The smallest absolute Gasteiger partial charge is 0.243 e. The first-order chi connectivity index (χ1) is 13.8. The van der Waals surface area contributed by atoms with E-state index >= 15 is 0 Å². The lowest BCUT2D eigenvalue weighted by Crippen LogP contribution is -2.42. The van der Waals surface area contributed by atoms with Crippen LogP contribution in [0.4, 0.5) is 0 Å². The van der Waals surface area contributed by atoms with E-state index in [9.17, 15) is 13.2 Å². The van der Waals surface area contributed by atoms with Gasteiger partial charge in [-0.2, -0.15) is 9.41 Å². The molecule has 0 aromatic heterocycles. The second-order valence-corrected chi connectivity index (χ2v) is 9.73. The summed E-state index contributed by atoms with van der Waals surface area (Å²) in [7, 11) is -3.60. The van der Waals surface area contributed by atoms with E-state index in [1.54, 1.807) is 30.3 Å². The first-order valence-electron chi connectivity index (χ1n) is 8.81. The van der Waals surface area contributed by atoms with Crippen LogP contribution in [0, 0.1) is 5.92 Å². The molecule has 0 atom stereocenters. The molecule has 0 unspecified atom stereocenters. The van der Waals surface area contributed by atoms with Crippen molar-refractivity contribution in [3.8, 4) is 0 Å². The van der Waals surface area contributed by atoms with Crippen molar-refractivity contribution in [2.75, 3.05) is 13.1 Å². The van der Waals surface area contributed by atoms with E-state index in [0.29, 0.717) is 33.5 Å². The molecular formula is C19H18Cl3N3O3S. The minimum absolute atomic E-state index is 0.191. The number of halogens is 3. The van der Waals surface area contributed by atoms with Crippen LogP contribution in [0.15, 0.2) is 52.5 Å². The highest BCUT2D eigenvalue weighted by molar-refractivity contribution is 7.89. The fourth-order valence-corrected chi connectivity index (χ4v) is 4.87. The van der Waals surface area contributed by atoms with Gasteiger partial charge in [-0.1, -0.05) is 40.9 Å². The van der Waals surface area contributed by atoms with E-state index in [-0.39, 0.29) is 29.8 Å². The third-order valence-electron chi connectivity index (χ3n) is 4.61. The topological polar surface area (TPSA) is 78.8 Å². The first-order valence-corrected chi connectivity index (χ1v) is 11.4. The van der Waals surface area contributed by atoms with Gasteiger partial charge in [0.1, 0.15) is 0 Å². The number of sulfonamides is 1. The van der Waals surface area contributed by atoms with Crippen molar-refractivity contribution < 1.29 is 13.2 Å². The molecule has 1 fully saturated rings. The lowest BCUT2D eigenvalue weighted by atomic mass is 9.98. The van der Waals surface area contributed by atoms with Crippen molar-refractivity contribution in [2.45, 2.75) is 17.7 Å². The zero-order valence-electron chi connectivity index (χ0n) is 15.2. The monoisotopic (exact) mass is 473 g/mol. The van der Waals surface area contributed by atoms with Gasteiger partial charge < -0.3 is 0 Å². The van der Waals surface area contributed by atoms with Crippen molar-refractivity contribution in [1.29, 1.82) is 0 Å². The van der Waals surface area contributed by atoms with Crippen molar-refractivity contribution in [3.63, 3.8) is 0 Å². The molecule has 0 bridgehead atoms. The Morgan fingerprint density at radius 3 is 2.31 bits per heavy atom. The Kier molecular flexibility index (Phi) is 7.19. The van der Waals surface area contributed by atoms with Gasteiger partial charge in [-0.25, -0.2) is 13.8 Å². The largest absolute Gasteiger partial charge is 0.273 e. The second-order valence-electron chi connectivity index (χ2n) is 6.54. The van der Waals surface area contributed by atoms with E-state index in [1.807, 2.05) is 0 Å². The van der Waals surface area contributed by atoms with Gasteiger partial charge in [0.2, 0.25) is 15.9 Å². The summed E-state index contributed by atoms with van der Waals surface area (Å²) < 4.78 is 26.8. The molecule has 0 saturated carbocycles. The number of piperidine rings is 1. The molecule has 1 saturated heterocycles. The van der Waals surface area contributed by atoms with Gasteiger partial charge in [0, 0.05) is 24.0 Å². The van der Waals surface area contributed by atoms with Gasteiger partial charge in [0.05, 0.1) is 21.2 Å². The quantitative estimate of drug-likeness (QED) is 0.521. The first kappa shape index (κ1) is 22.1. The Hall–Kier alpha value is -1.64. The molecule has 2 aromatic carbocycles. The van der Waals surface area contributed by atoms with E-state index < -0.39 is 10.0 Å². The Morgan fingerprint density at radius 2 is 1.69 bits per heavy atom. The lowest BCUT2D eigenvalue weighted by Gasteiger charge is -2.30. The molecular weight excluding hydrogens is 457 g/mol. The summed E-state index contributed by atoms with van der Waals surface area (Å²) in [6, 6.07) is 11.1. The molecule has 1 amide bonds. The third kappa shape index (κ3) is 5.49. The molecule has 1 heterocycles. The Morgan fingerprint density at radius 1 is 1.03 bits per heavy atom. The number of rotatable bonds is 5. The summed E-state index contributed by atoms with van der Waals surface area (Å²) in [5.74, 6) is -0.553. The van der Waals surface area contributed by atoms with E-state index in [0.717, 1.165) is 0 Å². The third-order valence-corrected chi connectivity index (χ3v) is 7.51. The number of carbonyl (C=O) groups is 1. The average molecular weight is 475 g/mol. The maximum Gasteiger partial charge on any atom is 0.243 e. The number of hydrazone groups is 1. The highest BCUT2D eigenvalue weighted by Crippen LogP contribution is 2.25. The normalized spacial score (nSPS) is 16.2. The van der Waals surface area contributed by atoms with Crippen LogP contribution in [-0.4, -0.2) is 37.9 Å². The van der Waals surface area contributed by atoms with Crippen molar-refractivity contribution >= 4 is 56.9 Å². The van der Waals surface area contributed by atoms with Crippen LogP contribution in [0.2, 0.25) is 15.1 Å². The number of benzene rings is 2. The standard InChI is InChI=1S/C19H18Cl3N3O3S/c20-15-2-4-16(5-3-15)29(27,28)25-9-7-14(8-10-25)19(26)24-23-12-13-1-6-17(21)18(22)11-13/h1-6,11-12,14H,7-10H2,(H,24,26)/b23-12-. The molecule has 2 aromatic rings. The number of amides is 1. The Labute approximate surface area is 184 Å². The van der Waals surface area contributed by atoms with E-state index in [4.69, 9.17) is 34.8 Å². The number of hydrogen-bond donors (Lipinski definition) is 1. The molecule has 10 heteroatoms. The average Bonchev–Trinajstić information content (AvgIpc) is 2.71. The van der Waals surface area contributed by atoms with Crippen LogP contribution in [0.5, 0.6) is 0 Å². The van der Waals surface area contributed by atoms with Crippen LogP contribution in [-0.2, 0) is 14.8 Å². The minimum Gasteiger partial charge on any atom is -0.273 e. The van der Waals surface area contributed by atoms with Gasteiger partial charge in [0.15, 0.2) is 0 Å². The van der Waals surface area contributed by atoms with Gasteiger partial charge in [0.25, 0.3) is 0 Å². The van der Waals surface area contributed by atoms with Crippen molar-refractivity contribution in [2.24, 2.45) is 11.0 Å². The maximum absolute atomic E-state index is 12.7. The molecule has 29 heavy (non-hydrogen) atoms. The molecule has 6 nitrogen and oxygen atoms in total. The number of nitrogens with one attached hydrogen (secondary N) is 1. The maximum atomic E-state index is 12.7. The van der Waals surface area contributed by atoms with Crippen LogP contribution in [0.25, 0.3) is 0 Å². The summed E-state index contributed by atoms with van der Waals surface area (Å²) in [4.78, 5) is 12.5. The van der Waals surface area contributed by atoms with E-state index in [1.165, 1.54) is 22.7 Å². The van der Waals surface area contributed by atoms with Crippen LogP contribution in [0.1, 0.15) is 18.4 Å². The summed E-state index contributed by atoms with van der Waals surface area (Å²) >= 11 is 17.6. The molecule has 0 aliphatic carbocycles. The van der Waals surface area contributed by atoms with Crippen molar-refractivity contribution in [1.82, 2.24) is 9.73 Å². The number of hydrogen-bond acceptors (Lipinski definition) is 4. The summed E-state index contributed by atoms with van der Waals surface area (Å²) in [6.07, 6.45) is 2.31. The highest BCUT2D eigenvalue weighted by atomic mass is 35.5. The fraction of sp³-hybridized carbons (Fsp3) is 0.263. The van der Waals surface area contributed by atoms with Crippen molar-refractivity contribution in [3.05, 3.63) is 63.1 Å². The molecule has 1 aliphatic rings. The summed E-state index contributed by atoms with van der Waals surface area (Å²) in [6.45, 7) is 0.527. The molecule has 0 spiro atoms. The van der Waals surface area contributed by atoms with E-state index in [2.05, 4.69) is 10.5 Å². The molecule has 3 rings (SSSR count). The number of nitrogens with zero attached hydrogens (tertiary/aromatic N) is 2. The highest BCUT2D eigenvalue weighted by Gasteiger charge is 2.32. The zero-order valence-corrected chi connectivity index (χ0v) is 18.3. The molecule has 1 aliphatic heterocycles. The Bertz CT molecular complexity index is 1020. The summed E-state index contributed by atoms with van der Waals surface area (Å²) in [5, 5.41) is 5.25.